The number of H-pyrrole nitrogens is 1. The van der Waals surface area contributed by atoms with E-state index >= 15 is 0 Å². The van der Waals surface area contributed by atoms with E-state index in [9.17, 15) is 14.9 Å². The Labute approximate surface area is 110 Å². The quantitative estimate of drug-likeness (QED) is 0.613. The Morgan fingerprint density at radius 3 is 2.84 bits per heavy atom. The van der Waals surface area contributed by atoms with E-state index in [1.165, 1.54) is 18.6 Å². The van der Waals surface area contributed by atoms with Crippen LogP contribution in [0, 0.1) is 10.1 Å². The number of hydrogen-bond donors (Lipinski definition) is 2. The first-order valence-corrected chi connectivity index (χ1v) is 6.52. The molecule has 2 aliphatic heterocycles. The Hall–Kier alpha value is -1.89. The van der Waals surface area contributed by atoms with Gasteiger partial charge in [-0.05, 0) is 30.3 Å². The van der Waals surface area contributed by atoms with E-state index in [1.807, 2.05) is 0 Å². The summed E-state index contributed by atoms with van der Waals surface area (Å²) in [5, 5.41) is 14.1. The van der Waals surface area contributed by atoms with Gasteiger partial charge in [0.1, 0.15) is 0 Å². The summed E-state index contributed by atoms with van der Waals surface area (Å²) < 4.78 is 0. The molecule has 7 heteroatoms. The number of rotatable bonds is 2. The van der Waals surface area contributed by atoms with Crippen LogP contribution in [0.15, 0.2) is 12.1 Å². The largest absolute Gasteiger partial charge is 0.358 e. The molecule has 19 heavy (non-hydrogen) atoms. The smallest absolute Gasteiger partial charge is 0.321 e. The summed E-state index contributed by atoms with van der Waals surface area (Å²) in [5.41, 5.74) is 0.296. The molecule has 2 aliphatic rings. The Bertz CT molecular complexity index is 513. The molecule has 1 aromatic rings. The van der Waals surface area contributed by atoms with Crippen molar-refractivity contribution in [2.75, 3.05) is 13.1 Å². The molecule has 0 aromatic carbocycles. The normalized spacial score (nSPS) is 26.2. The van der Waals surface area contributed by atoms with Crippen LogP contribution in [0.5, 0.6) is 0 Å². The second-order valence-corrected chi connectivity index (χ2v) is 5.19. The van der Waals surface area contributed by atoms with Crippen molar-refractivity contribution in [3.8, 4) is 0 Å². The molecule has 0 radical (unpaired) electrons. The lowest BCUT2D eigenvalue weighted by Crippen LogP contribution is -2.39. The maximum absolute atomic E-state index is 12.3. The number of carbonyl (C=O) groups is 1. The zero-order valence-electron chi connectivity index (χ0n) is 10.5. The van der Waals surface area contributed by atoms with E-state index in [1.54, 1.807) is 4.90 Å². The highest BCUT2D eigenvalue weighted by Crippen LogP contribution is 2.22. The SMILES string of the molecule is O=C(c1ccc([N+](=O)[O-])[nH]1)N1CCC2CCC(C1)N2. The zero-order valence-corrected chi connectivity index (χ0v) is 10.5. The Balaban J connectivity index is 1.73. The highest BCUT2D eigenvalue weighted by atomic mass is 16.6. The van der Waals surface area contributed by atoms with Gasteiger partial charge in [0.2, 0.25) is 0 Å². The second kappa shape index (κ2) is 4.65. The standard InChI is InChI=1S/C12H16N4O3/c17-12(10-3-4-11(14-10)16(18)19)15-6-5-8-1-2-9(7-15)13-8/h3-4,8-9,13-14H,1-2,5-7H2. The molecule has 3 rings (SSSR count). The van der Waals surface area contributed by atoms with Crippen molar-refractivity contribution in [2.24, 2.45) is 0 Å². The van der Waals surface area contributed by atoms with Gasteiger partial charge in [0.05, 0.1) is 0 Å². The van der Waals surface area contributed by atoms with Crippen molar-refractivity contribution in [1.29, 1.82) is 0 Å². The minimum atomic E-state index is -0.525. The summed E-state index contributed by atoms with van der Waals surface area (Å²) in [6.07, 6.45) is 3.23. The number of nitrogens with zero attached hydrogens (tertiary/aromatic N) is 2. The van der Waals surface area contributed by atoms with Gasteiger partial charge in [0.25, 0.3) is 5.91 Å². The third kappa shape index (κ3) is 2.33. The molecule has 2 saturated heterocycles. The van der Waals surface area contributed by atoms with Gasteiger partial charge in [-0.25, -0.2) is 4.98 Å². The molecule has 0 aliphatic carbocycles. The number of aromatic amines is 1. The predicted molar refractivity (Wildman–Crippen MR) is 67.9 cm³/mol. The maximum Gasteiger partial charge on any atom is 0.321 e. The predicted octanol–water partition coefficient (Wildman–Crippen LogP) is 0.889. The van der Waals surface area contributed by atoms with Gasteiger partial charge in [-0.1, -0.05) is 0 Å². The number of hydrogen-bond acceptors (Lipinski definition) is 4. The first kappa shape index (κ1) is 12.2. The fourth-order valence-electron chi connectivity index (χ4n) is 2.91. The lowest BCUT2D eigenvalue weighted by atomic mass is 10.1. The highest BCUT2D eigenvalue weighted by molar-refractivity contribution is 5.93. The summed E-state index contributed by atoms with van der Waals surface area (Å²) in [6.45, 7) is 1.39. The molecule has 2 fully saturated rings. The van der Waals surface area contributed by atoms with Gasteiger partial charge in [-0.2, -0.15) is 0 Å². The van der Waals surface area contributed by atoms with E-state index in [2.05, 4.69) is 10.3 Å². The Morgan fingerprint density at radius 1 is 1.32 bits per heavy atom. The van der Waals surface area contributed by atoms with Crippen LogP contribution < -0.4 is 5.32 Å². The minimum Gasteiger partial charge on any atom is -0.358 e. The van der Waals surface area contributed by atoms with Gasteiger partial charge in [0, 0.05) is 31.2 Å². The fraction of sp³-hybridized carbons (Fsp3) is 0.583. The van der Waals surface area contributed by atoms with Gasteiger partial charge in [-0.15, -0.1) is 0 Å². The molecule has 2 N–H and O–H groups in total. The average Bonchev–Trinajstić information content (AvgIpc) is 2.95. The third-order valence-electron chi connectivity index (χ3n) is 3.91. The summed E-state index contributed by atoms with van der Waals surface area (Å²) in [7, 11) is 0. The van der Waals surface area contributed by atoms with Crippen molar-refractivity contribution < 1.29 is 9.72 Å². The number of nitro groups is 1. The van der Waals surface area contributed by atoms with Gasteiger partial charge in [-0.3, -0.25) is 4.79 Å². The lowest BCUT2D eigenvalue weighted by Gasteiger charge is -2.22. The molecule has 3 heterocycles. The molecule has 2 unspecified atom stereocenters. The Morgan fingerprint density at radius 2 is 2.11 bits per heavy atom. The summed E-state index contributed by atoms with van der Waals surface area (Å²) in [4.78, 5) is 26.7. The number of amides is 1. The molecule has 2 atom stereocenters. The first-order chi connectivity index (χ1) is 9.13. The summed E-state index contributed by atoms with van der Waals surface area (Å²) >= 11 is 0. The van der Waals surface area contributed by atoms with E-state index in [0.29, 0.717) is 30.9 Å². The number of fused-ring (bicyclic) bond motifs is 2. The molecular formula is C12H16N4O3. The first-order valence-electron chi connectivity index (χ1n) is 6.52. The zero-order chi connectivity index (χ0) is 13.4. The maximum atomic E-state index is 12.3. The molecule has 2 bridgehead atoms. The number of aromatic nitrogens is 1. The van der Waals surface area contributed by atoms with Crippen LogP contribution in [0.25, 0.3) is 0 Å². The van der Waals surface area contributed by atoms with Crippen LogP contribution >= 0.6 is 0 Å². The second-order valence-electron chi connectivity index (χ2n) is 5.19. The van der Waals surface area contributed by atoms with E-state index < -0.39 is 4.92 Å². The van der Waals surface area contributed by atoms with Gasteiger partial charge >= 0.3 is 5.82 Å². The van der Waals surface area contributed by atoms with Crippen LogP contribution in [0.2, 0.25) is 0 Å². The van der Waals surface area contributed by atoms with Crippen LogP contribution in [0.3, 0.4) is 0 Å². The Kier molecular flexibility index (Phi) is 2.98. The minimum absolute atomic E-state index is 0.141. The van der Waals surface area contributed by atoms with Crippen molar-refractivity contribution in [3.05, 3.63) is 27.9 Å². The van der Waals surface area contributed by atoms with E-state index in [0.717, 1.165) is 12.8 Å². The van der Waals surface area contributed by atoms with Crippen LogP contribution in [-0.2, 0) is 0 Å². The average molecular weight is 264 g/mol. The van der Waals surface area contributed by atoms with Crippen LogP contribution in [-0.4, -0.2) is 45.9 Å². The summed E-state index contributed by atoms with van der Waals surface area (Å²) in [6, 6.07) is 3.69. The van der Waals surface area contributed by atoms with Crippen molar-refractivity contribution in [3.63, 3.8) is 0 Å². The molecule has 1 amide bonds. The van der Waals surface area contributed by atoms with Crippen molar-refractivity contribution >= 4 is 11.7 Å². The molecule has 7 nitrogen and oxygen atoms in total. The van der Waals surface area contributed by atoms with Crippen molar-refractivity contribution in [2.45, 2.75) is 31.3 Å². The fourth-order valence-corrected chi connectivity index (χ4v) is 2.91. The number of carbonyl (C=O) groups excluding carboxylic acids is 1. The molecule has 102 valence electrons. The third-order valence-corrected chi connectivity index (χ3v) is 3.91. The molecular weight excluding hydrogens is 248 g/mol. The van der Waals surface area contributed by atoms with Gasteiger partial charge < -0.3 is 20.3 Å². The highest BCUT2D eigenvalue weighted by Gasteiger charge is 2.32. The summed E-state index contributed by atoms with van der Waals surface area (Å²) in [5.74, 6) is -0.291. The monoisotopic (exact) mass is 264 g/mol. The lowest BCUT2D eigenvalue weighted by molar-refractivity contribution is -0.389. The van der Waals surface area contributed by atoms with Gasteiger partial charge in [0.15, 0.2) is 5.69 Å². The van der Waals surface area contributed by atoms with Crippen LogP contribution in [0.4, 0.5) is 5.82 Å². The topological polar surface area (TPSA) is 91.3 Å². The molecule has 0 spiro atoms. The van der Waals surface area contributed by atoms with E-state index in [-0.39, 0.29) is 11.7 Å². The number of nitrogens with one attached hydrogen (secondary N) is 2. The van der Waals surface area contributed by atoms with E-state index in [4.69, 9.17) is 0 Å². The molecule has 0 saturated carbocycles. The number of likely N-dealkylation sites (tertiary alicyclic amines) is 1. The molecule has 1 aromatic heterocycles. The van der Waals surface area contributed by atoms with Crippen LogP contribution in [0.1, 0.15) is 29.8 Å². The van der Waals surface area contributed by atoms with Crippen molar-refractivity contribution in [1.82, 2.24) is 15.2 Å².